The van der Waals surface area contributed by atoms with Crippen LogP contribution < -0.4 is 0 Å². The topological polar surface area (TPSA) is 60.2 Å². The summed E-state index contributed by atoms with van der Waals surface area (Å²) in [5.74, 6) is 0.827. The molecule has 1 unspecified atom stereocenters. The lowest BCUT2D eigenvalue weighted by molar-refractivity contribution is -0.107. The summed E-state index contributed by atoms with van der Waals surface area (Å²) in [6, 6.07) is 0. The number of methoxy groups -OCH3 is 1. The zero-order valence-electron chi connectivity index (χ0n) is 11.9. The van der Waals surface area contributed by atoms with Crippen molar-refractivity contribution in [3.63, 3.8) is 0 Å². The third-order valence-corrected chi connectivity index (χ3v) is 3.72. The lowest BCUT2D eigenvalue weighted by Crippen LogP contribution is -2.44. The van der Waals surface area contributed by atoms with E-state index in [4.69, 9.17) is 4.74 Å². The molecule has 0 saturated heterocycles. The number of rotatable bonds is 8. The predicted molar refractivity (Wildman–Crippen MR) is 70.3 cm³/mol. The molecule has 0 amide bonds. The van der Waals surface area contributed by atoms with E-state index in [9.17, 15) is 5.11 Å². The number of ether oxygens (including phenoxy) is 1. The molecule has 1 aromatic heterocycles. The van der Waals surface area contributed by atoms with Crippen LogP contribution in [0.4, 0.5) is 0 Å². The summed E-state index contributed by atoms with van der Waals surface area (Å²) in [6.07, 6.45) is 4.03. The molecular formula is C13H25N3O2. The minimum absolute atomic E-state index is 0.482. The van der Waals surface area contributed by atoms with Gasteiger partial charge in [-0.25, -0.2) is 4.98 Å². The van der Waals surface area contributed by atoms with Crippen LogP contribution in [0.1, 0.15) is 45.9 Å². The highest BCUT2D eigenvalue weighted by Crippen LogP contribution is 2.26. The zero-order valence-corrected chi connectivity index (χ0v) is 11.9. The molecule has 0 saturated carbocycles. The Hall–Kier alpha value is -0.940. The van der Waals surface area contributed by atoms with Gasteiger partial charge in [-0.2, -0.15) is 5.10 Å². The van der Waals surface area contributed by atoms with Crippen LogP contribution in [0.2, 0.25) is 0 Å². The number of hydrogen-bond acceptors (Lipinski definition) is 4. The third-order valence-electron chi connectivity index (χ3n) is 3.72. The Bertz CT molecular complexity index is 339. The van der Waals surface area contributed by atoms with Crippen molar-refractivity contribution in [1.82, 2.24) is 14.8 Å². The Kier molecular flexibility index (Phi) is 5.75. The SMILES string of the molecule is CCCn1ncnc1CC(O)C(CC)(CC)OC. The van der Waals surface area contributed by atoms with Crippen LogP contribution in [0.5, 0.6) is 0 Å². The second-order valence-electron chi connectivity index (χ2n) is 4.60. The fourth-order valence-electron chi connectivity index (χ4n) is 2.35. The minimum Gasteiger partial charge on any atom is -0.390 e. The van der Waals surface area contributed by atoms with E-state index in [-0.39, 0.29) is 0 Å². The lowest BCUT2D eigenvalue weighted by atomic mass is 9.88. The van der Waals surface area contributed by atoms with E-state index in [0.717, 1.165) is 31.6 Å². The largest absolute Gasteiger partial charge is 0.390 e. The molecule has 0 aliphatic carbocycles. The van der Waals surface area contributed by atoms with Crippen LogP contribution in [0.25, 0.3) is 0 Å². The maximum Gasteiger partial charge on any atom is 0.138 e. The molecule has 0 aromatic carbocycles. The molecule has 1 aromatic rings. The highest BCUT2D eigenvalue weighted by molar-refractivity contribution is 4.95. The first-order chi connectivity index (χ1) is 8.63. The molecule has 0 aliphatic rings. The molecule has 1 heterocycles. The normalized spacial score (nSPS) is 13.8. The van der Waals surface area contributed by atoms with Crippen molar-refractivity contribution >= 4 is 0 Å². The van der Waals surface area contributed by atoms with E-state index in [2.05, 4.69) is 17.0 Å². The van der Waals surface area contributed by atoms with Gasteiger partial charge >= 0.3 is 0 Å². The van der Waals surface area contributed by atoms with E-state index in [1.165, 1.54) is 0 Å². The minimum atomic E-state index is -0.558. The van der Waals surface area contributed by atoms with Crippen LogP contribution in [0, 0.1) is 0 Å². The average Bonchev–Trinajstić information content (AvgIpc) is 2.80. The molecule has 0 radical (unpaired) electrons. The van der Waals surface area contributed by atoms with Gasteiger partial charge in [0, 0.05) is 20.1 Å². The fraction of sp³-hybridized carbons (Fsp3) is 0.846. The summed E-state index contributed by atoms with van der Waals surface area (Å²) in [5, 5.41) is 14.6. The maximum atomic E-state index is 10.4. The number of aliphatic hydroxyl groups excluding tert-OH is 1. The summed E-state index contributed by atoms with van der Waals surface area (Å²) in [5.41, 5.74) is -0.483. The number of aromatic nitrogens is 3. The van der Waals surface area contributed by atoms with Gasteiger partial charge in [0.1, 0.15) is 12.2 Å². The summed E-state index contributed by atoms with van der Waals surface area (Å²) >= 11 is 0. The van der Waals surface area contributed by atoms with Crippen molar-refractivity contribution in [3.8, 4) is 0 Å². The number of nitrogens with zero attached hydrogens (tertiary/aromatic N) is 3. The van der Waals surface area contributed by atoms with Gasteiger partial charge in [0.2, 0.25) is 0 Å². The first-order valence-electron chi connectivity index (χ1n) is 6.73. The zero-order chi connectivity index (χ0) is 13.6. The molecule has 1 N–H and O–H groups in total. The van der Waals surface area contributed by atoms with Gasteiger partial charge in [-0.3, -0.25) is 4.68 Å². The molecule has 0 spiro atoms. The summed E-state index contributed by atoms with van der Waals surface area (Å²) in [6.45, 7) is 7.00. The molecule has 104 valence electrons. The molecule has 0 bridgehead atoms. The third kappa shape index (κ3) is 3.09. The Balaban J connectivity index is 2.79. The van der Waals surface area contributed by atoms with E-state index in [0.29, 0.717) is 6.42 Å². The van der Waals surface area contributed by atoms with Crippen LogP contribution in [-0.2, 0) is 17.7 Å². The lowest BCUT2D eigenvalue weighted by Gasteiger charge is -2.35. The average molecular weight is 255 g/mol. The van der Waals surface area contributed by atoms with Crippen molar-refractivity contribution in [1.29, 1.82) is 0 Å². The van der Waals surface area contributed by atoms with Gasteiger partial charge in [0.15, 0.2) is 0 Å². The van der Waals surface area contributed by atoms with Crippen molar-refractivity contribution in [2.75, 3.05) is 7.11 Å². The van der Waals surface area contributed by atoms with Gasteiger partial charge in [0.25, 0.3) is 0 Å². The van der Waals surface area contributed by atoms with E-state index in [1.807, 2.05) is 18.5 Å². The number of hydrogen-bond donors (Lipinski definition) is 1. The first kappa shape index (κ1) is 15.1. The summed E-state index contributed by atoms with van der Waals surface area (Å²) < 4.78 is 7.40. The van der Waals surface area contributed by atoms with Crippen LogP contribution in [-0.4, -0.2) is 38.7 Å². The first-order valence-corrected chi connectivity index (χ1v) is 6.73. The van der Waals surface area contributed by atoms with Crippen molar-refractivity contribution in [2.45, 2.75) is 64.7 Å². The molecular weight excluding hydrogens is 230 g/mol. The monoisotopic (exact) mass is 255 g/mol. The Morgan fingerprint density at radius 3 is 2.56 bits per heavy atom. The van der Waals surface area contributed by atoms with E-state index in [1.54, 1.807) is 13.4 Å². The summed E-state index contributed by atoms with van der Waals surface area (Å²) in [7, 11) is 1.66. The van der Waals surface area contributed by atoms with Crippen molar-refractivity contribution in [2.24, 2.45) is 0 Å². The van der Waals surface area contributed by atoms with Gasteiger partial charge < -0.3 is 9.84 Å². The molecule has 1 rings (SSSR count). The van der Waals surface area contributed by atoms with Crippen LogP contribution >= 0.6 is 0 Å². The van der Waals surface area contributed by atoms with E-state index >= 15 is 0 Å². The standard InChI is InChI=1S/C13H25N3O2/c1-5-8-16-12(14-10-15-16)9-11(17)13(6-2,7-3)18-4/h10-11,17H,5-9H2,1-4H3. The molecule has 5 nitrogen and oxygen atoms in total. The highest BCUT2D eigenvalue weighted by atomic mass is 16.5. The molecule has 0 aliphatic heterocycles. The second-order valence-corrected chi connectivity index (χ2v) is 4.60. The smallest absolute Gasteiger partial charge is 0.138 e. The summed E-state index contributed by atoms with van der Waals surface area (Å²) in [4.78, 5) is 4.23. The second kappa shape index (κ2) is 6.85. The van der Waals surface area contributed by atoms with Gasteiger partial charge in [0.05, 0.1) is 11.7 Å². The Labute approximate surface area is 109 Å². The van der Waals surface area contributed by atoms with Gasteiger partial charge in [-0.1, -0.05) is 20.8 Å². The Morgan fingerprint density at radius 1 is 1.39 bits per heavy atom. The van der Waals surface area contributed by atoms with Crippen molar-refractivity contribution < 1.29 is 9.84 Å². The van der Waals surface area contributed by atoms with E-state index < -0.39 is 11.7 Å². The number of aryl methyl sites for hydroxylation is 1. The Morgan fingerprint density at radius 2 is 2.06 bits per heavy atom. The highest BCUT2D eigenvalue weighted by Gasteiger charge is 2.35. The molecule has 1 atom stereocenters. The quantitative estimate of drug-likeness (QED) is 0.769. The van der Waals surface area contributed by atoms with Crippen LogP contribution in [0.3, 0.4) is 0 Å². The molecule has 18 heavy (non-hydrogen) atoms. The van der Waals surface area contributed by atoms with Crippen LogP contribution in [0.15, 0.2) is 6.33 Å². The number of aliphatic hydroxyl groups is 1. The molecule has 0 fully saturated rings. The van der Waals surface area contributed by atoms with Crippen molar-refractivity contribution in [3.05, 3.63) is 12.2 Å². The predicted octanol–water partition coefficient (Wildman–Crippen LogP) is 1.80. The van der Waals surface area contributed by atoms with Gasteiger partial charge in [-0.15, -0.1) is 0 Å². The van der Waals surface area contributed by atoms with Gasteiger partial charge in [-0.05, 0) is 19.3 Å². The maximum absolute atomic E-state index is 10.4. The molecule has 5 heteroatoms. The fourth-order valence-corrected chi connectivity index (χ4v) is 2.35.